The first-order valence-electron chi connectivity index (χ1n) is 3.80. The van der Waals surface area contributed by atoms with Crippen LogP contribution in [-0.4, -0.2) is 33.8 Å². The fourth-order valence-electron chi connectivity index (χ4n) is 0.919. The number of nitrogens with zero attached hydrogens (tertiary/aromatic N) is 4. The van der Waals surface area contributed by atoms with Crippen LogP contribution < -0.4 is 0 Å². The standard InChI is InChI=1S/C3H6N4O8Si/c8-4(9)2-1-3-16(5(10)11,6(12)13)7(14)15/h1-3H2. The van der Waals surface area contributed by atoms with Crippen LogP contribution in [0.15, 0.2) is 0 Å². The fraction of sp³-hybridized carbons (Fsp3) is 1.00. The van der Waals surface area contributed by atoms with Gasteiger partial charge in [-0.25, -0.2) is 0 Å². The van der Waals surface area contributed by atoms with Crippen molar-refractivity contribution in [3.8, 4) is 0 Å². The van der Waals surface area contributed by atoms with E-state index in [4.69, 9.17) is 0 Å². The molecule has 0 aromatic heterocycles. The summed E-state index contributed by atoms with van der Waals surface area (Å²) in [6, 6.07) is -0.999. The molecule has 0 aliphatic heterocycles. The summed E-state index contributed by atoms with van der Waals surface area (Å²) in [5, 5.41) is 41.1. The zero-order chi connectivity index (χ0) is 12.9. The van der Waals surface area contributed by atoms with Crippen LogP contribution in [0.5, 0.6) is 0 Å². The molecule has 13 heteroatoms. The quantitative estimate of drug-likeness (QED) is 0.329. The molecule has 0 atom stereocenters. The van der Waals surface area contributed by atoms with Gasteiger partial charge >= 0.3 is 8.56 Å². The van der Waals surface area contributed by atoms with Crippen LogP contribution in [0.25, 0.3) is 0 Å². The number of nitro groups is 4. The molecule has 0 heterocycles. The molecule has 0 fully saturated rings. The highest BCUT2D eigenvalue weighted by molar-refractivity contribution is 6.55. The first-order chi connectivity index (χ1) is 7.25. The van der Waals surface area contributed by atoms with Crippen molar-refractivity contribution in [1.29, 1.82) is 0 Å². The Hall–Kier alpha value is -2.18. The lowest BCUT2D eigenvalue weighted by Gasteiger charge is -2.01. The van der Waals surface area contributed by atoms with E-state index < -0.39 is 46.3 Å². The molecule has 0 radical (unpaired) electrons. The normalized spacial score (nSPS) is 10.8. The monoisotopic (exact) mass is 254 g/mol. The van der Waals surface area contributed by atoms with E-state index in [2.05, 4.69) is 0 Å². The van der Waals surface area contributed by atoms with Crippen molar-refractivity contribution in [1.82, 2.24) is 0 Å². The van der Waals surface area contributed by atoms with Gasteiger partial charge in [0, 0.05) is 11.3 Å². The summed E-state index contributed by atoms with van der Waals surface area (Å²) < 4.78 is -4.56. The minimum atomic E-state index is -5.23. The Morgan fingerprint density at radius 3 is 1.44 bits per heavy atom. The maximum Gasteiger partial charge on any atom is 1.17 e. The Morgan fingerprint density at radius 2 is 1.19 bits per heavy atom. The lowest BCUT2D eigenvalue weighted by molar-refractivity contribution is -0.613. The van der Waals surface area contributed by atoms with E-state index in [-0.39, 0.29) is 0 Å². The summed E-state index contributed by atoms with van der Waals surface area (Å²) in [4.78, 5) is 40.2. The molecule has 0 unspecified atom stereocenters. The lowest BCUT2D eigenvalue weighted by atomic mass is 10.5. The van der Waals surface area contributed by atoms with Gasteiger partial charge in [-0.05, 0) is 0 Å². The highest BCUT2D eigenvalue weighted by atomic mass is 28.4. The second-order valence-corrected chi connectivity index (χ2v) is 5.85. The predicted octanol–water partition coefficient (Wildman–Crippen LogP) is -0.578. The molecule has 0 aromatic rings. The summed E-state index contributed by atoms with van der Waals surface area (Å²) >= 11 is 0. The van der Waals surface area contributed by atoms with Crippen molar-refractivity contribution in [2.45, 2.75) is 12.5 Å². The van der Waals surface area contributed by atoms with E-state index >= 15 is 0 Å². The highest BCUT2D eigenvalue weighted by Crippen LogP contribution is 2.15. The van der Waals surface area contributed by atoms with Gasteiger partial charge in [-0.3, -0.25) is 40.5 Å². The lowest BCUT2D eigenvalue weighted by Crippen LogP contribution is -2.59. The molecule has 0 bridgehead atoms. The van der Waals surface area contributed by atoms with Gasteiger partial charge in [-0.15, -0.1) is 0 Å². The molecule has 0 N–H and O–H groups in total. The van der Waals surface area contributed by atoms with Crippen molar-refractivity contribution in [2.75, 3.05) is 6.54 Å². The molecule has 0 aromatic carbocycles. The zero-order valence-corrected chi connectivity index (χ0v) is 8.68. The van der Waals surface area contributed by atoms with Crippen molar-refractivity contribution < 1.29 is 18.7 Å². The third kappa shape index (κ3) is 2.66. The third-order valence-corrected chi connectivity index (χ3v) is 4.51. The van der Waals surface area contributed by atoms with Crippen molar-refractivity contribution >= 4 is 8.56 Å². The second-order valence-electron chi connectivity index (χ2n) is 2.71. The van der Waals surface area contributed by atoms with E-state index in [1.54, 1.807) is 0 Å². The molecule has 16 heavy (non-hydrogen) atoms. The van der Waals surface area contributed by atoms with Crippen LogP contribution in [0.3, 0.4) is 0 Å². The van der Waals surface area contributed by atoms with E-state index in [9.17, 15) is 40.5 Å². The molecule has 0 aliphatic carbocycles. The SMILES string of the molecule is O=[N+]([O-])CCC[Si]([N+](=O)[O-])([N+](=O)[O-])[N+](=O)[O-]. The first-order valence-corrected chi connectivity index (χ1v) is 5.85. The Kier molecular flexibility index (Phi) is 4.36. The molecule has 0 saturated heterocycles. The zero-order valence-electron chi connectivity index (χ0n) is 7.68. The van der Waals surface area contributed by atoms with Crippen LogP contribution in [0.2, 0.25) is 6.04 Å². The Balaban J connectivity index is 4.92. The summed E-state index contributed by atoms with van der Waals surface area (Å²) in [6.07, 6.45) is -0.567. The summed E-state index contributed by atoms with van der Waals surface area (Å²) in [5.74, 6) is 0. The van der Waals surface area contributed by atoms with Gasteiger partial charge in [0.2, 0.25) is 6.54 Å². The first kappa shape index (κ1) is 13.8. The smallest absolute Gasteiger partial charge is 0.278 e. The van der Waals surface area contributed by atoms with E-state index in [0.717, 1.165) is 0 Å². The molecule has 90 valence electrons. The molecule has 0 spiro atoms. The number of hydrogen-bond acceptors (Lipinski definition) is 8. The molecule has 0 aliphatic rings. The Bertz CT molecular complexity index is 306. The van der Waals surface area contributed by atoms with Gasteiger partial charge in [0.15, 0.2) is 6.04 Å². The largest absolute Gasteiger partial charge is 1.17 e. The molecule has 12 nitrogen and oxygen atoms in total. The van der Waals surface area contributed by atoms with Crippen LogP contribution >= 0.6 is 0 Å². The summed E-state index contributed by atoms with van der Waals surface area (Å²) in [7, 11) is -5.23. The van der Waals surface area contributed by atoms with Crippen molar-refractivity contribution in [3.63, 3.8) is 0 Å². The number of hydrogen-bond donors (Lipinski definition) is 0. The van der Waals surface area contributed by atoms with Crippen molar-refractivity contribution in [2.24, 2.45) is 0 Å². The molecular weight excluding hydrogens is 248 g/mol. The van der Waals surface area contributed by atoms with E-state index in [1.807, 2.05) is 0 Å². The van der Waals surface area contributed by atoms with E-state index in [1.165, 1.54) is 0 Å². The minimum Gasteiger partial charge on any atom is -0.278 e. The maximum absolute atomic E-state index is 10.4. The third-order valence-electron chi connectivity index (χ3n) is 1.73. The van der Waals surface area contributed by atoms with Gasteiger partial charge in [0.05, 0.1) is 13.8 Å². The van der Waals surface area contributed by atoms with Gasteiger partial charge in [-0.1, -0.05) is 0 Å². The van der Waals surface area contributed by atoms with Crippen molar-refractivity contribution in [3.05, 3.63) is 40.5 Å². The predicted molar refractivity (Wildman–Crippen MR) is 48.0 cm³/mol. The average Bonchev–Trinajstić information content (AvgIpc) is 2.09. The molecular formula is C3H6N4O8Si. The van der Waals surface area contributed by atoms with Gasteiger partial charge in [0.25, 0.3) is 0 Å². The summed E-state index contributed by atoms with van der Waals surface area (Å²) in [5.41, 5.74) is 0. The maximum atomic E-state index is 10.4. The van der Waals surface area contributed by atoms with Gasteiger partial charge in [0.1, 0.15) is 0 Å². The molecule has 0 saturated carbocycles. The van der Waals surface area contributed by atoms with Crippen LogP contribution in [-0.2, 0) is 0 Å². The van der Waals surface area contributed by atoms with E-state index in [0.29, 0.717) is 0 Å². The average molecular weight is 254 g/mol. The molecule has 0 amide bonds. The van der Waals surface area contributed by atoms with Gasteiger partial charge < -0.3 is 0 Å². The minimum absolute atomic E-state index is 0.567. The Labute approximate surface area is 87.7 Å². The fourth-order valence-corrected chi connectivity index (χ4v) is 2.50. The van der Waals surface area contributed by atoms with Crippen LogP contribution in [0.4, 0.5) is 0 Å². The second kappa shape index (κ2) is 5.05. The highest BCUT2D eigenvalue weighted by Gasteiger charge is 2.89. The topological polar surface area (TPSA) is 173 Å². The Morgan fingerprint density at radius 1 is 0.812 bits per heavy atom. The van der Waals surface area contributed by atoms with Gasteiger partial charge in [-0.2, -0.15) is 0 Å². The molecule has 0 rings (SSSR count). The number of rotatable bonds is 7. The van der Waals surface area contributed by atoms with Crippen LogP contribution in [0, 0.1) is 40.5 Å². The van der Waals surface area contributed by atoms with Crippen LogP contribution in [0.1, 0.15) is 6.42 Å². The summed E-state index contributed by atoms with van der Waals surface area (Å²) in [6.45, 7) is -0.774.